The van der Waals surface area contributed by atoms with Crippen molar-refractivity contribution in [1.29, 1.82) is 0 Å². The Kier molecular flexibility index (Phi) is 5.76. The van der Waals surface area contributed by atoms with Gasteiger partial charge < -0.3 is 4.90 Å². The molecule has 6 heteroatoms. The lowest BCUT2D eigenvalue weighted by atomic mass is 10.1. The van der Waals surface area contributed by atoms with Crippen LogP contribution in [0.15, 0.2) is 59.8 Å². The van der Waals surface area contributed by atoms with Gasteiger partial charge in [-0.2, -0.15) is 0 Å². The van der Waals surface area contributed by atoms with Crippen LogP contribution < -0.4 is 0 Å². The Hall–Kier alpha value is -2.60. The molecule has 1 aliphatic rings. The summed E-state index contributed by atoms with van der Waals surface area (Å²) < 4.78 is 0. The maximum absolute atomic E-state index is 13.3. The van der Waals surface area contributed by atoms with Crippen molar-refractivity contribution in [1.82, 2.24) is 20.1 Å². The van der Waals surface area contributed by atoms with Crippen LogP contribution in [0.5, 0.6) is 0 Å². The van der Waals surface area contributed by atoms with E-state index in [4.69, 9.17) is 0 Å². The molecule has 28 heavy (non-hydrogen) atoms. The monoisotopic (exact) mass is 392 g/mol. The number of aromatic amines is 1. The van der Waals surface area contributed by atoms with Crippen LogP contribution in [0.4, 0.5) is 0 Å². The Morgan fingerprint density at radius 3 is 2.46 bits per heavy atom. The fraction of sp³-hybridized carbons (Fsp3) is 0.318. The molecule has 5 nitrogen and oxygen atoms in total. The molecule has 4 rings (SSSR count). The molecule has 0 aliphatic carbocycles. The maximum Gasteiger partial charge on any atom is 0.240 e. The number of nitrogens with one attached hydrogen (secondary N) is 1. The van der Waals surface area contributed by atoms with E-state index < -0.39 is 0 Å². The van der Waals surface area contributed by atoms with E-state index in [1.165, 1.54) is 23.7 Å². The second-order valence-corrected chi connectivity index (χ2v) is 8.20. The normalized spacial score (nSPS) is 15.4. The number of rotatable bonds is 5. The summed E-state index contributed by atoms with van der Waals surface area (Å²) in [5.41, 5.74) is 3.18. The first-order valence-corrected chi connectivity index (χ1v) is 10.6. The summed E-state index contributed by atoms with van der Waals surface area (Å²) in [5, 5.41) is 7.63. The highest BCUT2D eigenvalue weighted by molar-refractivity contribution is 8.00. The van der Waals surface area contributed by atoms with Crippen LogP contribution in [0.1, 0.15) is 35.6 Å². The quantitative estimate of drug-likeness (QED) is 0.643. The summed E-state index contributed by atoms with van der Waals surface area (Å²) in [7, 11) is 0. The topological polar surface area (TPSA) is 61.9 Å². The number of amides is 1. The Bertz CT molecular complexity index is 917. The number of carbonyl (C=O) groups excluding carboxylic acids is 1. The molecule has 1 fully saturated rings. The van der Waals surface area contributed by atoms with Crippen molar-refractivity contribution in [3.63, 3.8) is 0 Å². The number of carbonyl (C=O) groups is 1. The van der Waals surface area contributed by atoms with Gasteiger partial charge in [0.05, 0.1) is 0 Å². The highest BCUT2D eigenvalue weighted by atomic mass is 32.2. The molecule has 2 aromatic carbocycles. The lowest BCUT2D eigenvalue weighted by molar-refractivity contribution is -0.131. The number of thioether (sulfide) groups is 1. The van der Waals surface area contributed by atoms with Gasteiger partial charge in [-0.25, -0.2) is 4.98 Å². The van der Waals surface area contributed by atoms with Crippen LogP contribution in [0.25, 0.3) is 11.4 Å². The van der Waals surface area contributed by atoms with E-state index in [2.05, 4.69) is 34.2 Å². The number of H-pyrrole nitrogens is 1. The zero-order chi connectivity index (χ0) is 19.3. The summed E-state index contributed by atoms with van der Waals surface area (Å²) in [6.07, 6.45) is 3.36. The molecule has 0 spiro atoms. The molecule has 2 heterocycles. The third-order valence-corrected chi connectivity index (χ3v) is 6.11. The SMILES string of the molecule is Cc1ccc(-c2nc(S[C@@H](C(=O)N3CCCCC3)c3ccccc3)n[nH]2)cc1. The number of piperidine rings is 1. The maximum atomic E-state index is 13.3. The molecule has 1 amide bonds. The van der Waals surface area contributed by atoms with Crippen molar-refractivity contribution in [3.8, 4) is 11.4 Å². The molecular formula is C22H24N4OS. The lowest BCUT2D eigenvalue weighted by Crippen LogP contribution is -2.38. The second kappa shape index (κ2) is 8.61. The molecule has 3 aromatic rings. The van der Waals surface area contributed by atoms with E-state index in [0.717, 1.165) is 42.9 Å². The van der Waals surface area contributed by atoms with Gasteiger partial charge in [0.25, 0.3) is 0 Å². The summed E-state index contributed by atoms with van der Waals surface area (Å²) in [6.45, 7) is 3.73. The number of aromatic nitrogens is 3. The number of benzene rings is 2. The highest BCUT2D eigenvalue weighted by Crippen LogP contribution is 2.36. The third kappa shape index (κ3) is 4.28. The third-order valence-electron chi connectivity index (χ3n) is 5.01. The molecule has 1 saturated heterocycles. The molecular weight excluding hydrogens is 368 g/mol. The Labute approximate surface area is 169 Å². The predicted molar refractivity (Wildman–Crippen MR) is 112 cm³/mol. The van der Waals surface area contributed by atoms with Crippen molar-refractivity contribution in [2.24, 2.45) is 0 Å². The summed E-state index contributed by atoms with van der Waals surface area (Å²) >= 11 is 1.42. The smallest absolute Gasteiger partial charge is 0.240 e. The molecule has 1 N–H and O–H groups in total. The van der Waals surface area contributed by atoms with E-state index in [9.17, 15) is 4.79 Å². The number of likely N-dealkylation sites (tertiary alicyclic amines) is 1. The zero-order valence-corrected chi connectivity index (χ0v) is 16.8. The number of nitrogens with zero attached hydrogens (tertiary/aromatic N) is 3. The lowest BCUT2D eigenvalue weighted by Gasteiger charge is -2.30. The van der Waals surface area contributed by atoms with E-state index in [1.54, 1.807) is 0 Å². The van der Waals surface area contributed by atoms with Gasteiger partial charge in [0.2, 0.25) is 11.1 Å². The first kappa shape index (κ1) is 18.7. The van der Waals surface area contributed by atoms with Crippen molar-refractivity contribution >= 4 is 17.7 Å². The Morgan fingerprint density at radius 1 is 1.04 bits per heavy atom. The number of hydrogen-bond donors (Lipinski definition) is 1. The van der Waals surface area contributed by atoms with Gasteiger partial charge in [-0.05, 0) is 31.7 Å². The minimum atomic E-state index is -0.332. The highest BCUT2D eigenvalue weighted by Gasteiger charge is 2.29. The minimum absolute atomic E-state index is 0.151. The van der Waals surface area contributed by atoms with Crippen LogP contribution in [-0.4, -0.2) is 39.1 Å². The molecule has 0 saturated carbocycles. The van der Waals surface area contributed by atoms with E-state index in [1.807, 2.05) is 47.4 Å². The van der Waals surface area contributed by atoms with Gasteiger partial charge >= 0.3 is 0 Å². The average Bonchev–Trinajstić information content (AvgIpc) is 3.22. The van der Waals surface area contributed by atoms with Gasteiger partial charge in [0.15, 0.2) is 5.82 Å². The van der Waals surface area contributed by atoms with Gasteiger partial charge in [0, 0.05) is 18.7 Å². The fourth-order valence-electron chi connectivity index (χ4n) is 3.41. The minimum Gasteiger partial charge on any atom is -0.341 e. The fourth-order valence-corrected chi connectivity index (χ4v) is 4.41. The second-order valence-electron chi connectivity index (χ2n) is 7.13. The molecule has 0 radical (unpaired) electrons. The van der Waals surface area contributed by atoms with E-state index in [0.29, 0.717) is 5.16 Å². The summed E-state index contributed by atoms with van der Waals surface area (Å²) in [6, 6.07) is 18.1. The summed E-state index contributed by atoms with van der Waals surface area (Å²) in [4.78, 5) is 19.9. The molecule has 0 unspecified atom stereocenters. The van der Waals surface area contributed by atoms with Crippen LogP contribution in [0.3, 0.4) is 0 Å². The summed E-state index contributed by atoms with van der Waals surface area (Å²) in [5.74, 6) is 0.873. The van der Waals surface area contributed by atoms with Gasteiger partial charge in [-0.1, -0.05) is 71.9 Å². The standard InChI is InChI=1S/C22H24N4OS/c1-16-10-12-18(13-11-16)20-23-22(25-24-20)28-19(17-8-4-2-5-9-17)21(27)26-14-6-3-7-15-26/h2,4-5,8-13,19H,3,6-7,14-15H2,1H3,(H,23,24,25)/t19-/m1/s1. The van der Waals surface area contributed by atoms with Gasteiger partial charge in [0.1, 0.15) is 5.25 Å². The number of hydrogen-bond acceptors (Lipinski definition) is 4. The van der Waals surface area contributed by atoms with Crippen molar-refractivity contribution in [2.75, 3.05) is 13.1 Å². The van der Waals surface area contributed by atoms with Crippen LogP contribution >= 0.6 is 11.8 Å². The van der Waals surface area contributed by atoms with Gasteiger partial charge in [-0.3, -0.25) is 9.89 Å². The Balaban J connectivity index is 1.57. The molecule has 1 aromatic heterocycles. The van der Waals surface area contributed by atoms with E-state index >= 15 is 0 Å². The first-order chi connectivity index (χ1) is 13.7. The van der Waals surface area contributed by atoms with Crippen molar-refractivity contribution in [3.05, 3.63) is 65.7 Å². The molecule has 0 bridgehead atoms. The van der Waals surface area contributed by atoms with Crippen LogP contribution in [0.2, 0.25) is 0 Å². The predicted octanol–water partition coefficient (Wildman–Crippen LogP) is 4.63. The van der Waals surface area contributed by atoms with Crippen molar-refractivity contribution < 1.29 is 4.79 Å². The molecule has 1 atom stereocenters. The molecule has 144 valence electrons. The van der Waals surface area contributed by atoms with Crippen LogP contribution in [-0.2, 0) is 4.79 Å². The van der Waals surface area contributed by atoms with E-state index in [-0.39, 0.29) is 11.2 Å². The first-order valence-electron chi connectivity index (χ1n) is 9.70. The van der Waals surface area contributed by atoms with Crippen LogP contribution in [0, 0.1) is 6.92 Å². The molecule has 1 aliphatic heterocycles. The number of aryl methyl sites for hydroxylation is 1. The van der Waals surface area contributed by atoms with Gasteiger partial charge in [-0.15, -0.1) is 5.10 Å². The largest absolute Gasteiger partial charge is 0.341 e. The average molecular weight is 393 g/mol. The Morgan fingerprint density at radius 2 is 1.75 bits per heavy atom. The zero-order valence-electron chi connectivity index (χ0n) is 16.0. The van der Waals surface area contributed by atoms with Crippen molar-refractivity contribution in [2.45, 2.75) is 36.6 Å².